The summed E-state index contributed by atoms with van der Waals surface area (Å²) in [7, 11) is 0. The van der Waals surface area contributed by atoms with Crippen molar-refractivity contribution in [3.63, 3.8) is 0 Å². The molecule has 4 N–H and O–H groups in total. The van der Waals surface area contributed by atoms with Gasteiger partial charge in [-0.3, -0.25) is 4.79 Å². The average Bonchev–Trinajstić information content (AvgIpc) is 2.79. The molecule has 0 fully saturated rings. The molecule has 6 nitrogen and oxygen atoms in total. The quantitative estimate of drug-likeness (QED) is 0.808. The van der Waals surface area contributed by atoms with E-state index in [-0.39, 0.29) is 17.3 Å². The van der Waals surface area contributed by atoms with Gasteiger partial charge in [0.2, 0.25) is 0 Å². The van der Waals surface area contributed by atoms with Crippen LogP contribution >= 0.6 is 0 Å². The third kappa shape index (κ3) is 3.88. The Morgan fingerprint density at radius 3 is 2.52 bits per heavy atom. The maximum Gasteiger partial charge on any atom is 0.319 e. The number of amides is 3. The second-order valence-corrected chi connectivity index (χ2v) is 5.25. The van der Waals surface area contributed by atoms with Gasteiger partial charge in [0, 0.05) is 11.3 Å². The molecule has 0 radical (unpaired) electrons. The third-order valence-electron chi connectivity index (χ3n) is 3.38. The topological polar surface area (TPSA) is 97.4 Å². The van der Waals surface area contributed by atoms with Crippen LogP contribution in [0.5, 0.6) is 0 Å². The summed E-state index contributed by atoms with van der Waals surface area (Å²) >= 11 is 0. The van der Waals surface area contributed by atoms with E-state index >= 15 is 0 Å². The van der Waals surface area contributed by atoms with Gasteiger partial charge in [-0.25, -0.2) is 9.18 Å². The Kier molecular flexibility index (Phi) is 4.68. The Morgan fingerprint density at radius 2 is 1.96 bits per heavy atom. The zero-order valence-corrected chi connectivity index (χ0v) is 13.1. The summed E-state index contributed by atoms with van der Waals surface area (Å²) in [5, 5.41) is 5.28. The molecule has 0 aliphatic rings. The SMILES string of the molecule is Cc1cc([C@H](C)NC(=O)Nc2ccc(F)c(C(N)=O)c2)c(C)o1. The van der Waals surface area contributed by atoms with Crippen molar-refractivity contribution in [1.82, 2.24) is 5.32 Å². The first-order chi connectivity index (χ1) is 10.8. The Morgan fingerprint density at radius 1 is 1.26 bits per heavy atom. The molecule has 0 aliphatic carbocycles. The van der Waals surface area contributed by atoms with Gasteiger partial charge in [-0.2, -0.15) is 0 Å². The van der Waals surface area contributed by atoms with Crippen LogP contribution in [0, 0.1) is 19.7 Å². The number of carbonyl (C=O) groups excluding carboxylic acids is 2. The van der Waals surface area contributed by atoms with Crippen LogP contribution in [0.3, 0.4) is 0 Å². The summed E-state index contributed by atoms with van der Waals surface area (Å²) in [6.07, 6.45) is 0. The van der Waals surface area contributed by atoms with Gasteiger partial charge in [-0.15, -0.1) is 0 Å². The van der Waals surface area contributed by atoms with E-state index < -0.39 is 17.8 Å². The van der Waals surface area contributed by atoms with Gasteiger partial charge >= 0.3 is 6.03 Å². The van der Waals surface area contributed by atoms with Gasteiger partial charge in [0.15, 0.2) is 0 Å². The van der Waals surface area contributed by atoms with Gasteiger partial charge in [0.25, 0.3) is 5.91 Å². The Hall–Kier alpha value is -2.83. The fourth-order valence-electron chi connectivity index (χ4n) is 2.31. The highest BCUT2D eigenvalue weighted by atomic mass is 19.1. The van der Waals surface area contributed by atoms with Crippen molar-refractivity contribution < 1.29 is 18.4 Å². The monoisotopic (exact) mass is 319 g/mol. The molecule has 1 heterocycles. The zero-order valence-electron chi connectivity index (χ0n) is 13.1. The zero-order chi connectivity index (χ0) is 17.1. The molecule has 3 amide bonds. The molecule has 1 aromatic heterocycles. The molecule has 1 atom stereocenters. The van der Waals surface area contributed by atoms with E-state index in [4.69, 9.17) is 10.2 Å². The molecule has 0 unspecified atom stereocenters. The fourth-order valence-corrected chi connectivity index (χ4v) is 2.31. The Balaban J connectivity index is 2.06. The third-order valence-corrected chi connectivity index (χ3v) is 3.38. The summed E-state index contributed by atoms with van der Waals surface area (Å²) in [6.45, 7) is 5.46. The molecule has 2 aromatic rings. The Labute approximate surface area is 132 Å². The summed E-state index contributed by atoms with van der Waals surface area (Å²) in [5.74, 6) is -0.143. The van der Waals surface area contributed by atoms with Crippen LogP contribution in [0.25, 0.3) is 0 Å². The number of rotatable bonds is 4. The fraction of sp³-hybridized carbons (Fsp3) is 0.250. The van der Waals surface area contributed by atoms with Crippen molar-refractivity contribution in [1.29, 1.82) is 0 Å². The molecule has 7 heteroatoms. The number of primary amides is 1. The first-order valence-electron chi connectivity index (χ1n) is 7.01. The number of urea groups is 1. The minimum absolute atomic E-state index is 0.269. The number of benzene rings is 1. The lowest BCUT2D eigenvalue weighted by molar-refractivity contribution is 0.0996. The van der Waals surface area contributed by atoms with E-state index in [2.05, 4.69) is 10.6 Å². The molecule has 0 saturated heterocycles. The van der Waals surface area contributed by atoms with Crippen molar-refractivity contribution >= 4 is 17.6 Å². The molecular formula is C16H18FN3O3. The molecule has 122 valence electrons. The molecular weight excluding hydrogens is 301 g/mol. The van der Waals surface area contributed by atoms with Crippen molar-refractivity contribution in [3.05, 3.63) is 52.7 Å². The normalized spacial score (nSPS) is 11.8. The van der Waals surface area contributed by atoms with Crippen molar-refractivity contribution in [2.75, 3.05) is 5.32 Å². The van der Waals surface area contributed by atoms with Crippen molar-refractivity contribution in [2.24, 2.45) is 5.73 Å². The summed E-state index contributed by atoms with van der Waals surface area (Å²) in [4.78, 5) is 23.1. The molecule has 0 spiro atoms. The van der Waals surface area contributed by atoms with Crippen molar-refractivity contribution in [2.45, 2.75) is 26.8 Å². The van der Waals surface area contributed by atoms with E-state index in [1.807, 2.05) is 26.8 Å². The van der Waals surface area contributed by atoms with Gasteiger partial charge in [0.05, 0.1) is 11.6 Å². The van der Waals surface area contributed by atoms with E-state index in [1.165, 1.54) is 12.1 Å². The summed E-state index contributed by atoms with van der Waals surface area (Å²) in [5.41, 5.74) is 5.93. The highest BCUT2D eigenvalue weighted by Gasteiger charge is 2.16. The van der Waals surface area contributed by atoms with Crippen LogP contribution in [-0.2, 0) is 0 Å². The van der Waals surface area contributed by atoms with Gasteiger partial charge in [-0.1, -0.05) is 0 Å². The lowest BCUT2D eigenvalue weighted by Gasteiger charge is -2.14. The highest BCUT2D eigenvalue weighted by Crippen LogP contribution is 2.21. The lowest BCUT2D eigenvalue weighted by atomic mass is 10.1. The number of anilines is 1. The lowest BCUT2D eigenvalue weighted by Crippen LogP contribution is -2.31. The maximum atomic E-state index is 13.4. The Bertz CT molecular complexity index is 755. The van der Waals surface area contributed by atoms with Crippen LogP contribution in [0.15, 0.2) is 28.7 Å². The van der Waals surface area contributed by atoms with Crippen LogP contribution in [-0.4, -0.2) is 11.9 Å². The van der Waals surface area contributed by atoms with Gasteiger partial charge < -0.3 is 20.8 Å². The molecule has 0 bridgehead atoms. The molecule has 23 heavy (non-hydrogen) atoms. The van der Waals surface area contributed by atoms with Crippen LogP contribution in [0.1, 0.15) is 40.4 Å². The second kappa shape index (κ2) is 6.51. The number of hydrogen-bond acceptors (Lipinski definition) is 3. The van der Waals surface area contributed by atoms with E-state index in [0.717, 1.165) is 23.2 Å². The number of aryl methyl sites for hydroxylation is 2. The van der Waals surface area contributed by atoms with Gasteiger partial charge in [-0.05, 0) is 45.0 Å². The molecule has 0 saturated carbocycles. The average molecular weight is 319 g/mol. The highest BCUT2D eigenvalue weighted by molar-refractivity contribution is 5.96. The first-order valence-corrected chi connectivity index (χ1v) is 7.01. The van der Waals surface area contributed by atoms with E-state index in [1.54, 1.807) is 0 Å². The first kappa shape index (κ1) is 16.5. The predicted octanol–water partition coefficient (Wildman–Crippen LogP) is 3.02. The number of nitrogens with two attached hydrogens (primary N) is 1. The number of carbonyl (C=O) groups is 2. The number of hydrogen-bond donors (Lipinski definition) is 3. The summed E-state index contributed by atoms with van der Waals surface area (Å²) < 4.78 is 18.8. The van der Waals surface area contributed by atoms with Crippen LogP contribution in [0.4, 0.5) is 14.9 Å². The molecule has 1 aromatic carbocycles. The van der Waals surface area contributed by atoms with E-state index in [9.17, 15) is 14.0 Å². The largest absolute Gasteiger partial charge is 0.466 e. The predicted molar refractivity (Wildman–Crippen MR) is 83.7 cm³/mol. The number of furan rings is 1. The van der Waals surface area contributed by atoms with Crippen molar-refractivity contribution in [3.8, 4) is 0 Å². The molecule has 2 rings (SSSR count). The van der Waals surface area contributed by atoms with E-state index in [0.29, 0.717) is 0 Å². The van der Waals surface area contributed by atoms with Crippen LogP contribution in [0.2, 0.25) is 0 Å². The minimum Gasteiger partial charge on any atom is -0.466 e. The molecule has 0 aliphatic heterocycles. The maximum absolute atomic E-state index is 13.4. The number of halogens is 1. The van der Waals surface area contributed by atoms with Gasteiger partial charge in [0.1, 0.15) is 17.3 Å². The minimum atomic E-state index is -0.899. The second-order valence-electron chi connectivity index (χ2n) is 5.25. The van der Waals surface area contributed by atoms with Crippen LogP contribution < -0.4 is 16.4 Å². The number of nitrogens with one attached hydrogen (secondary N) is 2. The summed E-state index contributed by atoms with van der Waals surface area (Å²) in [6, 6.07) is 4.70. The smallest absolute Gasteiger partial charge is 0.319 e. The standard InChI is InChI=1S/C16H18FN3O3/c1-8-6-12(10(3)23-8)9(2)19-16(22)20-11-4-5-14(17)13(7-11)15(18)21/h4-7,9H,1-3H3,(H2,18,21)(H2,19,20,22)/t9-/m0/s1.